The fourth-order valence-electron chi connectivity index (χ4n) is 2.96. The van der Waals surface area contributed by atoms with Crippen LogP contribution in [0.2, 0.25) is 0 Å². The van der Waals surface area contributed by atoms with Crippen molar-refractivity contribution in [2.45, 2.75) is 25.7 Å². The van der Waals surface area contributed by atoms with Crippen molar-refractivity contribution in [2.24, 2.45) is 5.92 Å². The number of amides is 1. The molecular weight excluding hydrogens is 346 g/mol. The zero-order chi connectivity index (χ0) is 17.4. The SMILES string of the molecule is CNCCC1CCN(C(=O)CCOc2ccccc2[N+](=O)[O-])CC1.Cl. The van der Waals surface area contributed by atoms with E-state index in [4.69, 9.17) is 4.74 Å². The van der Waals surface area contributed by atoms with Crippen molar-refractivity contribution < 1.29 is 14.5 Å². The lowest BCUT2D eigenvalue weighted by atomic mass is 9.93. The molecule has 0 bridgehead atoms. The zero-order valence-corrected chi connectivity index (χ0v) is 15.3. The van der Waals surface area contributed by atoms with Crippen LogP contribution in [0.5, 0.6) is 5.75 Å². The molecule has 1 aromatic carbocycles. The molecule has 1 aliphatic rings. The van der Waals surface area contributed by atoms with Gasteiger partial charge in [-0.25, -0.2) is 0 Å². The molecule has 1 N–H and O–H groups in total. The van der Waals surface area contributed by atoms with Crippen molar-refractivity contribution in [3.8, 4) is 5.75 Å². The number of benzene rings is 1. The number of para-hydroxylation sites is 2. The molecule has 1 saturated heterocycles. The van der Waals surface area contributed by atoms with Gasteiger partial charge < -0.3 is 15.0 Å². The topological polar surface area (TPSA) is 84.7 Å². The highest BCUT2D eigenvalue weighted by molar-refractivity contribution is 5.85. The maximum Gasteiger partial charge on any atom is 0.310 e. The molecule has 0 unspecified atom stereocenters. The van der Waals surface area contributed by atoms with Gasteiger partial charge >= 0.3 is 5.69 Å². The lowest BCUT2D eigenvalue weighted by molar-refractivity contribution is -0.385. The van der Waals surface area contributed by atoms with Gasteiger partial charge in [0.05, 0.1) is 18.0 Å². The number of piperidine rings is 1. The third-order valence-corrected chi connectivity index (χ3v) is 4.41. The molecule has 1 aromatic rings. The summed E-state index contributed by atoms with van der Waals surface area (Å²) in [6.07, 6.45) is 3.48. The van der Waals surface area contributed by atoms with E-state index in [1.54, 1.807) is 18.2 Å². The van der Waals surface area contributed by atoms with Gasteiger partial charge in [0, 0.05) is 19.2 Å². The van der Waals surface area contributed by atoms with Crippen LogP contribution in [-0.4, -0.2) is 49.0 Å². The summed E-state index contributed by atoms with van der Waals surface area (Å²) in [5, 5.41) is 14.1. The van der Waals surface area contributed by atoms with Crippen molar-refractivity contribution in [1.82, 2.24) is 10.2 Å². The van der Waals surface area contributed by atoms with Gasteiger partial charge in [0.15, 0.2) is 5.75 Å². The Balaban J connectivity index is 0.00000312. The molecule has 2 rings (SSSR count). The van der Waals surface area contributed by atoms with Gasteiger partial charge in [-0.15, -0.1) is 12.4 Å². The lowest BCUT2D eigenvalue weighted by Gasteiger charge is -2.32. The van der Waals surface area contributed by atoms with Crippen LogP contribution in [0.4, 0.5) is 5.69 Å². The van der Waals surface area contributed by atoms with E-state index in [1.807, 2.05) is 11.9 Å². The van der Waals surface area contributed by atoms with E-state index in [2.05, 4.69) is 5.32 Å². The number of likely N-dealkylation sites (tertiary alicyclic amines) is 1. The predicted octanol–water partition coefficient (Wildman–Crippen LogP) is 2.63. The molecule has 1 fully saturated rings. The fourth-order valence-corrected chi connectivity index (χ4v) is 2.96. The van der Waals surface area contributed by atoms with E-state index < -0.39 is 4.92 Å². The van der Waals surface area contributed by atoms with Crippen molar-refractivity contribution >= 4 is 24.0 Å². The van der Waals surface area contributed by atoms with E-state index in [-0.39, 0.29) is 42.8 Å². The molecule has 0 atom stereocenters. The third kappa shape index (κ3) is 6.51. The maximum atomic E-state index is 12.2. The number of nitro groups is 1. The first-order valence-electron chi connectivity index (χ1n) is 8.40. The second-order valence-electron chi connectivity index (χ2n) is 6.04. The van der Waals surface area contributed by atoms with Crippen molar-refractivity contribution in [3.05, 3.63) is 34.4 Å². The molecule has 1 aliphatic heterocycles. The van der Waals surface area contributed by atoms with Crippen molar-refractivity contribution in [1.29, 1.82) is 0 Å². The summed E-state index contributed by atoms with van der Waals surface area (Å²) >= 11 is 0. The minimum atomic E-state index is -0.479. The highest BCUT2D eigenvalue weighted by atomic mass is 35.5. The number of nitrogens with one attached hydrogen (secondary N) is 1. The van der Waals surface area contributed by atoms with Gasteiger partial charge in [0.1, 0.15) is 0 Å². The van der Waals surface area contributed by atoms with Gasteiger partial charge in [-0.2, -0.15) is 0 Å². The summed E-state index contributed by atoms with van der Waals surface area (Å²) in [7, 11) is 1.95. The smallest absolute Gasteiger partial charge is 0.310 e. The van der Waals surface area contributed by atoms with Gasteiger partial charge in [-0.05, 0) is 44.8 Å². The van der Waals surface area contributed by atoms with Gasteiger partial charge in [-0.3, -0.25) is 14.9 Å². The second-order valence-corrected chi connectivity index (χ2v) is 6.04. The van der Waals surface area contributed by atoms with Gasteiger partial charge in [-0.1, -0.05) is 12.1 Å². The van der Waals surface area contributed by atoms with E-state index in [9.17, 15) is 14.9 Å². The Morgan fingerprint density at radius 3 is 2.68 bits per heavy atom. The lowest BCUT2D eigenvalue weighted by Crippen LogP contribution is -2.39. The summed E-state index contributed by atoms with van der Waals surface area (Å²) in [5.74, 6) is 0.950. The molecule has 0 saturated carbocycles. The second kappa shape index (κ2) is 10.9. The highest BCUT2D eigenvalue weighted by Crippen LogP contribution is 2.26. The van der Waals surface area contributed by atoms with E-state index >= 15 is 0 Å². The quantitative estimate of drug-likeness (QED) is 0.561. The van der Waals surface area contributed by atoms with Crippen LogP contribution in [0, 0.1) is 16.0 Å². The Morgan fingerprint density at radius 2 is 2.04 bits per heavy atom. The Hall–Kier alpha value is -1.86. The number of nitro benzene ring substituents is 1. The highest BCUT2D eigenvalue weighted by Gasteiger charge is 2.22. The maximum absolute atomic E-state index is 12.2. The van der Waals surface area contributed by atoms with E-state index in [0.717, 1.165) is 38.9 Å². The minimum absolute atomic E-state index is 0. The summed E-state index contributed by atoms with van der Waals surface area (Å²) in [6, 6.07) is 6.22. The number of halogens is 1. The number of hydrogen-bond acceptors (Lipinski definition) is 5. The van der Waals surface area contributed by atoms with Crippen LogP contribution >= 0.6 is 12.4 Å². The molecule has 0 aliphatic carbocycles. The van der Waals surface area contributed by atoms with Gasteiger partial charge in [0.25, 0.3) is 0 Å². The molecule has 0 radical (unpaired) electrons. The van der Waals surface area contributed by atoms with Crippen LogP contribution in [0.1, 0.15) is 25.7 Å². The average Bonchev–Trinajstić information content (AvgIpc) is 2.60. The summed E-state index contributed by atoms with van der Waals surface area (Å²) in [6.45, 7) is 2.75. The average molecular weight is 372 g/mol. The monoisotopic (exact) mass is 371 g/mol. The number of ether oxygens (including phenoxy) is 1. The number of nitrogens with zero attached hydrogens (tertiary/aromatic N) is 2. The Kier molecular flexibility index (Phi) is 9.23. The van der Waals surface area contributed by atoms with Crippen LogP contribution in [0.25, 0.3) is 0 Å². The van der Waals surface area contributed by atoms with Gasteiger partial charge in [0.2, 0.25) is 5.91 Å². The Morgan fingerprint density at radius 1 is 1.36 bits per heavy atom. The summed E-state index contributed by atoms with van der Waals surface area (Å²) < 4.78 is 5.44. The molecule has 1 heterocycles. The largest absolute Gasteiger partial charge is 0.486 e. The molecule has 7 nitrogen and oxygen atoms in total. The van der Waals surface area contributed by atoms with Crippen LogP contribution < -0.4 is 10.1 Å². The fraction of sp³-hybridized carbons (Fsp3) is 0.588. The Bertz CT molecular complexity index is 563. The summed E-state index contributed by atoms with van der Waals surface area (Å²) in [5.41, 5.74) is -0.0738. The number of carbonyl (C=O) groups is 1. The van der Waals surface area contributed by atoms with Crippen molar-refractivity contribution in [2.75, 3.05) is 33.3 Å². The minimum Gasteiger partial charge on any atom is -0.486 e. The number of rotatable bonds is 8. The first-order chi connectivity index (χ1) is 11.6. The first-order valence-corrected chi connectivity index (χ1v) is 8.40. The van der Waals surface area contributed by atoms with Crippen LogP contribution in [0.15, 0.2) is 24.3 Å². The number of carbonyl (C=O) groups excluding carboxylic acids is 1. The molecule has 0 aromatic heterocycles. The molecule has 0 spiro atoms. The molecule has 8 heteroatoms. The zero-order valence-electron chi connectivity index (χ0n) is 14.5. The van der Waals surface area contributed by atoms with Crippen LogP contribution in [-0.2, 0) is 4.79 Å². The molecule has 25 heavy (non-hydrogen) atoms. The standard InChI is InChI=1S/C17H25N3O4.ClH/c1-18-10-6-14-7-11-19(12-8-14)17(21)9-13-24-16-5-3-2-4-15(16)20(22)23;/h2-5,14,18H,6-13H2,1H3;1H. The van der Waals surface area contributed by atoms with E-state index in [1.165, 1.54) is 6.07 Å². The molecule has 1 amide bonds. The third-order valence-electron chi connectivity index (χ3n) is 4.41. The van der Waals surface area contributed by atoms with Crippen molar-refractivity contribution in [3.63, 3.8) is 0 Å². The van der Waals surface area contributed by atoms with E-state index in [0.29, 0.717) is 5.92 Å². The molecular formula is C17H26ClN3O4. The first kappa shape index (κ1) is 21.2. The predicted molar refractivity (Wildman–Crippen MR) is 98.3 cm³/mol. The molecule has 140 valence electrons. The normalized spacial score (nSPS) is 14.7. The summed E-state index contributed by atoms with van der Waals surface area (Å²) in [4.78, 5) is 24.5. The Labute approximate surface area is 154 Å². The van der Waals surface area contributed by atoms with Crippen LogP contribution in [0.3, 0.4) is 0 Å². The number of hydrogen-bond donors (Lipinski definition) is 1.